The van der Waals surface area contributed by atoms with E-state index in [1.807, 2.05) is 13.8 Å². The van der Waals surface area contributed by atoms with Gasteiger partial charge in [-0.15, -0.1) is 0 Å². The zero-order valence-electron chi connectivity index (χ0n) is 9.49. The molecule has 5 heteroatoms. The highest BCUT2D eigenvalue weighted by atomic mass is 19.1. The Labute approximate surface area is 91.7 Å². The van der Waals surface area contributed by atoms with Gasteiger partial charge in [-0.05, 0) is 13.8 Å². The van der Waals surface area contributed by atoms with Crippen molar-refractivity contribution in [1.82, 2.24) is 0 Å². The first-order chi connectivity index (χ1) is 7.37. The molecule has 0 amide bonds. The van der Waals surface area contributed by atoms with Crippen LogP contribution >= 0.6 is 0 Å². The monoisotopic (exact) mass is 234 g/mol. The number of carbonyl (C=O) groups is 1. The second-order valence-corrected chi connectivity index (χ2v) is 2.87. The highest BCUT2D eigenvalue weighted by Gasteiger charge is 2.24. The summed E-state index contributed by atoms with van der Waals surface area (Å²) >= 11 is 0. The van der Waals surface area contributed by atoms with E-state index in [1.54, 1.807) is 0 Å². The van der Waals surface area contributed by atoms with E-state index in [2.05, 4.69) is 0 Å². The van der Waals surface area contributed by atoms with E-state index in [0.29, 0.717) is 0 Å². The van der Waals surface area contributed by atoms with Gasteiger partial charge in [0.25, 0.3) is 0 Å². The molecule has 0 aliphatic carbocycles. The van der Waals surface area contributed by atoms with Gasteiger partial charge >= 0.3 is 5.97 Å². The summed E-state index contributed by atoms with van der Waals surface area (Å²) in [6.07, 6.45) is 0. The Morgan fingerprint density at radius 3 is 1.50 bits per heavy atom. The number of hydrogen-bond acceptors (Lipinski definition) is 1. The van der Waals surface area contributed by atoms with E-state index < -0.39 is 40.1 Å². The van der Waals surface area contributed by atoms with Crippen molar-refractivity contribution in [2.45, 2.75) is 27.7 Å². The normalized spacial score (nSPS) is 9.44. The van der Waals surface area contributed by atoms with E-state index in [0.717, 1.165) is 13.8 Å². The Balaban J connectivity index is 0.00000106. The van der Waals surface area contributed by atoms with Crippen molar-refractivity contribution in [1.29, 1.82) is 0 Å². The maximum Gasteiger partial charge on any atom is 0.341 e. The van der Waals surface area contributed by atoms with Gasteiger partial charge in [0.2, 0.25) is 0 Å². The van der Waals surface area contributed by atoms with E-state index in [1.165, 1.54) is 0 Å². The molecule has 0 aliphatic heterocycles. The van der Waals surface area contributed by atoms with Gasteiger partial charge in [0.05, 0.1) is 0 Å². The standard InChI is InChI=1S/C9H7F3O2.C2H6/c1-3-6(10)4(2)8(12)5(7(3)11)9(13)14;1-2/h1-2H3,(H,13,14);1-2H3. The molecule has 2 nitrogen and oxygen atoms in total. The summed E-state index contributed by atoms with van der Waals surface area (Å²) in [5, 5.41) is 8.48. The van der Waals surface area contributed by atoms with Crippen LogP contribution in [0.4, 0.5) is 13.2 Å². The Morgan fingerprint density at radius 1 is 0.938 bits per heavy atom. The maximum atomic E-state index is 13.1. The molecule has 16 heavy (non-hydrogen) atoms. The van der Waals surface area contributed by atoms with Crippen LogP contribution in [0.2, 0.25) is 0 Å². The highest BCUT2D eigenvalue weighted by molar-refractivity contribution is 5.88. The summed E-state index contributed by atoms with van der Waals surface area (Å²) < 4.78 is 39.2. The fourth-order valence-electron chi connectivity index (χ4n) is 1.13. The first-order valence-electron chi connectivity index (χ1n) is 4.74. The van der Waals surface area contributed by atoms with Crippen LogP contribution in [-0.4, -0.2) is 11.1 Å². The lowest BCUT2D eigenvalue weighted by molar-refractivity contribution is 0.0685. The molecule has 0 aliphatic rings. The molecule has 0 heterocycles. The number of aromatic carboxylic acids is 1. The fourth-order valence-corrected chi connectivity index (χ4v) is 1.13. The molecule has 0 atom stereocenters. The average Bonchev–Trinajstić information content (AvgIpc) is 2.26. The van der Waals surface area contributed by atoms with Crippen molar-refractivity contribution in [3.05, 3.63) is 34.1 Å². The topological polar surface area (TPSA) is 37.3 Å². The summed E-state index contributed by atoms with van der Waals surface area (Å²) in [5.41, 5.74) is -2.08. The van der Waals surface area contributed by atoms with Gasteiger partial charge in [0.1, 0.15) is 23.0 Å². The Bertz CT molecular complexity index is 385. The van der Waals surface area contributed by atoms with Crippen LogP contribution in [0.1, 0.15) is 35.3 Å². The third-order valence-corrected chi connectivity index (χ3v) is 1.97. The number of hydrogen-bond donors (Lipinski definition) is 1. The summed E-state index contributed by atoms with van der Waals surface area (Å²) in [7, 11) is 0. The molecular formula is C11H13F3O2. The molecule has 1 rings (SSSR count). The molecule has 1 aromatic carbocycles. The number of rotatable bonds is 1. The molecule has 0 bridgehead atoms. The minimum absolute atomic E-state index is 0.485. The van der Waals surface area contributed by atoms with Crippen molar-refractivity contribution in [3.63, 3.8) is 0 Å². The minimum atomic E-state index is -1.74. The quantitative estimate of drug-likeness (QED) is 0.808. The molecule has 0 radical (unpaired) electrons. The SMILES string of the molecule is CC.Cc1c(F)c(C)c(F)c(C(=O)O)c1F. The van der Waals surface area contributed by atoms with Gasteiger partial charge in [0, 0.05) is 11.1 Å². The second-order valence-electron chi connectivity index (χ2n) is 2.87. The molecule has 1 N–H and O–H groups in total. The molecule has 90 valence electrons. The lowest BCUT2D eigenvalue weighted by atomic mass is 10.0. The molecule has 0 aromatic heterocycles. The predicted molar refractivity (Wildman–Crippen MR) is 54.1 cm³/mol. The van der Waals surface area contributed by atoms with Gasteiger partial charge in [-0.1, -0.05) is 13.8 Å². The van der Waals surface area contributed by atoms with Crippen molar-refractivity contribution in [3.8, 4) is 0 Å². The van der Waals surface area contributed by atoms with E-state index in [-0.39, 0.29) is 0 Å². The number of carboxylic acids is 1. The Kier molecular flexibility index (Phi) is 5.01. The summed E-state index contributed by atoms with van der Waals surface area (Å²) in [6.45, 7) is 6.12. The summed E-state index contributed by atoms with van der Waals surface area (Å²) in [5.74, 6) is -5.52. The van der Waals surface area contributed by atoms with Gasteiger partial charge < -0.3 is 5.11 Å². The summed E-state index contributed by atoms with van der Waals surface area (Å²) in [6, 6.07) is 0. The van der Waals surface area contributed by atoms with Gasteiger partial charge in [-0.2, -0.15) is 0 Å². The van der Waals surface area contributed by atoms with Gasteiger partial charge in [0.15, 0.2) is 0 Å². The first kappa shape index (κ1) is 14.5. The fraction of sp³-hybridized carbons (Fsp3) is 0.364. The Hall–Kier alpha value is -1.52. The first-order valence-corrected chi connectivity index (χ1v) is 4.74. The third kappa shape index (κ3) is 2.35. The summed E-state index contributed by atoms with van der Waals surface area (Å²) in [4.78, 5) is 10.5. The molecule has 0 spiro atoms. The number of halogens is 3. The van der Waals surface area contributed by atoms with E-state index in [9.17, 15) is 18.0 Å². The largest absolute Gasteiger partial charge is 0.477 e. The predicted octanol–water partition coefficient (Wildman–Crippen LogP) is 3.45. The zero-order valence-corrected chi connectivity index (χ0v) is 9.49. The molecule has 1 aromatic rings. The lowest BCUT2D eigenvalue weighted by Gasteiger charge is -2.07. The minimum Gasteiger partial charge on any atom is -0.477 e. The van der Waals surface area contributed by atoms with Crippen LogP contribution in [0.5, 0.6) is 0 Å². The molecule has 0 saturated heterocycles. The van der Waals surface area contributed by atoms with Crippen LogP contribution in [0.15, 0.2) is 0 Å². The highest BCUT2D eigenvalue weighted by Crippen LogP contribution is 2.23. The lowest BCUT2D eigenvalue weighted by Crippen LogP contribution is -2.10. The average molecular weight is 234 g/mol. The van der Waals surface area contributed by atoms with E-state index in [4.69, 9.17) is 5.11 Å². The van der Waals surface area contributed by atoms with Gasteiger partial charge in [-0.25, -0.2) is 18.0 Å². The van der Waals surface area contributed by atoms with E-state index >= 15 is 0 Å². The molecule has 0 fully saturated rings. The van der Waals surface area contributed by atoms with Crippen LogP contribution in [-0.2, 0) is 0 Å². The number of benzene rings is 1. The second kappa shape index (κ2) is 5.53. The third-order valence-electron chi connectivity index (χ3n) is 1.97. The van der Waals surface area contributed by atoms with Crippen LogP contribution in [0, 0.1) is 31.3 Å². The maximum absolute atomic E-state index is 13.1. The molecular weight excluding hydrogens is 221 g/mol. The van der Waals surface area contributed by atoms with Crippen molar-refractivity contribution >= 4 is 5.97 Å². The van der Waals surface area contributed by atoms with Crippen LogP contribution < -0.4 is 0 Å². The number of carboxylic acid groups (broad SMARTS) is 1. The van der Waals surface area contributed by atoms with Crippen molar-refractivity contribution in [2.75, 3.05) is 0 Å². The smallest absolute Gasteiger partial charge is 0.341 e. The zero-order chi connectivity index (χ0) is 13.0. The van der Waals surface area contributed by atoms with Crippen LogP contribution in [0.3, 0.4) is 0 Å². The van der Waals surface area contributed by atoms with Crippen molar-refractivity contribution < 1.29 is 23.1 Å². The molecule has 0 unspecified atom stereocenters. The van der Waals surface area contributed by atoms with Gasteiger partial charge in [-0.3, -0.25) is 0 Å². The molecule has 0 saturated carbocycles. The van der Waals surface area contributed by atoms with Crippen LogP contribution in [0.25, 0.3) is 0 Å². The van der Waals surface area contributed by atoms with Crippen molar-refractivity contribution in [2.24, 2.45) is 0 Å². The Morgan fingerprint density at radius 2 is 1.25 bits per heavy atom.